The minimum absolute atomic E-state index is 0.0711. The zero-order chi connectivity index (χ0) is 17.6. The molecule has 4 nitrogen and oxygen atoms in total. The van der Waals surface area contributed by atoms with Crippen molar-refractivity contribution in [1.82, 2.24) is 15.3 Å². The van der Waals surface area contributed by atoms with E-state index in [4.69, 9.17) is 0 Å². The molecule has 1 amide bonds. The van der Waals surface area contributed by atoms with Crippen molar-refractivity contribution in [3.8, 4) is 0 Å². The number of aromatic nitrogens is 2. The van der Waals surface area contributed by atoms with Gasteiger partial charge in [0.1, 0.15) is 10.9 Å². The summed E-state index contributed by atoms with van der Waals surface area (Å²) in [5.74, 6) is 0.805. The summed E-state index contributed by atoms with van der Waals surface area (Å²) in [6.07, 6.45) is 8.27. The van der Waals surface area contributed by atoms with Crippen molar-refractivity contribution in [1.29, 1.82) is 0 Å². The molecule has 0 saturated heterocycles. The van der Waals surface area contributed by atoms with E-state index in [1.54, 1.807) is 0 Å². The maximum atomic E-state index is 12.4. The standard InChI is InChI=1S/C20H25N3OS/c1-14(19(24)21-13-12-16-8-4-3-5-9-16)25-20-17-10-6-7-11-18(17)22-15(2)23-20/h6-8,10-11,14H,3-5,9,12-13H2,1-2H3,(H,21,24)/t14-/m0/s1. The summed E-state index contributed by atoms with van der Waals surface area (Å²) in [6, 6.07) is 7.95. The Morgan fingerprint density at radius 1 is 1.28 bits per heavy atom. The summed E-state index contributed by atoms with van der Waals surface area (Å²) < 4.78 is 0. The minimum atomic E-state index is -0.182. The molecule has 1 atom stereocenters. The number of rotatable bonds is 6. The Kier molecular flexibility index (Phi) is 6.08. The molecular formula is C20H25N3OS. The number of para-hydroxylation sites is 1. The molecule has 0 spiro atoms. The number of amides is 1. The number of carbonyl (C=O) groups excluding carboxylic acids is 1. The number of hydrogen-bond donors (Lipinski definition) is 1. The van der Waals surface area contributed by atoms with Crippen LogP contribution in [0.5, 0.6) is 0 Å². The van der Waals surface area contributed by atoms with Crippen molar-refractivity contribution in [2.24, 2.45) is 0 Å². The molecule has 1 aromatic carbocycles. The Hall–Kier alpha value is -1.88. The molecule has 0 aliphatic heterocycles. The van der Waals surface area contributed by atoms with Crippen LogP contribution in [0.3, 0.4) is 0 Å². The van der Waals surface area contributed by atoms with E-state index in [-0.39, 0.29) is 11.2 Å². The molecule has 1 aromatic heterocycles. The van der Waals surface area contributed by atoms with Gasteiger partial charge in [-0.3, -0.25) is 4.79 Å². The predicted molar refractivity (Wildman–Crippen MR) is 104 cm³/mol. The first-order chi connectivity index (χ1) is 12.1. The van der Waals surface area contributed by atoms with Crippen molar-refractivity contribution in [2.45, 2.75) is 56.2 Å². The Balaban J connectivity index is 1.59. The monoisotopic (exact) mass is 355 g/mol. The molecule has 25 heavy (non-hydrogen) atoms. The lowest BCUT2D eigenvalue weighted by Gasteiger charge is -2.15. The molecule has 1 aliphatic rings. The van der Waals surface area contributed by atoms with Crippen LogP contribution < -0.4 is 5.32 Å². The summed E-state index contributed by atoms with van der Waals surface area (Å²) in [4.78, 5) is 21.4. The second kappa shape index (κ2) is 8.48. The van der Waals surface area contributed by atoms with Crippen LogP contribution in [0.4, 0.5) is 0 Å². The highest BCUT2D eigenvalue weighted by molar-refractivity contribution is 8.00. The van der Waals surface area contributed by atoms with E-state index >= 15 is 0 Å². The number of aryl methyl sites for hydroxylation is 1. The molecule has 132 valence electrons. The van der Waals surface area contributed by atoms with Gasteiger partial charge in [-0.1, -0.05) is 41.6 Å². The summed E-state index contributed by atoms with van der Waals surface area (Å²) in [5.41, 5.74) is 2.42. The number of nitrogens with zero attached hydrogens (tertiary/aromatic N) is 2. The molecule has 0 fully saturated rings. The van der Waals surface area contributed by atoms with Crippen LogP contribution in [0, 0.1) is 6.92 Å². The van der Waals surface area contributed by atoms with Gasteiger partial charge in [-0.25, -0.2) is 9.97 Å². The number of hydrogen-bond acceptors (Lipinski definition) is 4. The van der Waals surface area contributed by atoms with Gasteiger partial charge in [-0.2, -0.15) is 0 Å². The first-order valence-electron chi connectivity index (χ1n) is 8.99. The van der Waals surface area contributed by atoms with E-state index in [1.807, 2.05) is 38.1 Å². The highest BCUT2D eigenvalue weighted by atomic mass is 32.2. The third-order valence-corrected chi connectivity index (χ3v) is 5.57. The molecule has 3 rings (SSSR count). The van der Waals surface area contributed by atoms with Gasteiger partial charge in [-0.05, 0) is 52.0 Å². The van der Waals surface area contributed by atoms with Crippen LogP contribution in [0.15, 0.2) is 40.9 Å². The molecule has 1 N–H and O–H groups in total. The van der Waals surface area contributed by atoms with E-state index in [9.17, 15) is 4.79 Å². The van der Waals surface area contributed by atoms with Crippen LogP contribution in [0.25, 0.3) is 10.9 Å². The van der Waals surface area contributed by atoms with Crippen LogP contribution >= 0.6 is 11.8 Å². The molecule has 0 unspecified atom stereocenters. The SMILES string of the molecule is Cc1nc(S[C@@H](C)C(=O)NCCC2=CCCCC2)c2ccccc2n1. The van der Waals surface area contributed by atoms with Gasteiger partial charge in [0.15, 0.2) is 0 Å². The number of nitrogens with one attached hydrogen (secondary N) is 1. The maximum Gasteiger partial charge on any atom is 0.233 e. The van der Waals surface area contributed by atoms with E-state index in [1.165, 1.54) is 43.0 Å². The Morgan fingerprint density at radius 3 is 2.92 bits per heavy atom. The highest BCUT2D eigenvalue weighted by Gasteiger charge is 2.17. The van der Waals surface area contributed by atoms with Crippen molar-refractivity contribution in [3.63, 3.8) is 0 Å². The van der Waals surface area contributed by atoms with Crippen molar-refractivity contribution in [2.75, 3.05) is 6.54 Å². The number of fused-ring (bicyclic) bond motifs is 1. The molecule has 1 heterocycles. The molecular weight excluding hydrogens is 330 g/mol. The molecule has 1 aliphatic carbocycles. The van der Waals surface area contributed by atoms with E-state index in [2.05, 4.69) is 21.4 Å². The fraction of sp³-hybridized carbons (Fsp3) is 0.450. The number of carbonyl (C=O) groups is 1. The van der Waals surface area contributed by atoms with Gasteiger partial charge in [0, 0.05) is 11.9 Å². The lowest BCUT2D eigenvalue weighted by molar-refractivity contribution is -0.120. The molecule has 5 heteroatoms. The van der Waals surface area contributed by atoms with E-state index < -0.39 is 0 Å². The second-order valence-corrected chi connectivity index (χ2v) is 7.83. The smallest absolute Gasteiger partial charge is 0.233 e. The summed E-state index contributed by atoms with van der Waals surface area (Å²) in [6.45, 7) is 4.55. The van der Waals surface area contributed by atoms with Gasteiger partial charge >= 0.3 is 0 Å². The second-order valence-electron chi connectivity index (χ2n) is 6.50. The van der Waals surface area contributed by atoms with Gasteiger partial charge in [-0.15, -0.1) is 0 Å². The predicted octanol–water partition coefficient (Wildman–Crippen LogP) is 4.43. The minimum Gasteiger partial charge on any atom is -0.355 e. The lowest BCUT2D eigenvalue weighted by atomic mass is 9.97. The Morgan fingerprint density at radius 2 is 2.12 bits per heavy atom. The fourth-order valence-electron chi connectivity index (χ4n) is 3.09. The fourth-order valence-corrected chi connectivity index (χ4v) is 4.10. The molecule has 0 bridgehead atoms. The topological polar surface area (TPSA) is 54.9 Å². The largest absolute Gasteiger partial charge is 0.355 e. The first-order valence-corrected chi connectivity index (χ1v) is 9.87. The quantitative estimate of drug-likeness (QED) is 0.473. The van der Waals surface area contributed by atoms with Crippen LogP contribution in [-0.2, 0) is 4.79 Å². The van der Waals surface area contributed by atoms with Gasteiger partial charge < -0.3 is 5.32 Å². The van der Waals surface area contributed by atoms with Crippen LogP contribution in [0.2, 0.25) is 0 Å². The molecule has 0 radical (unpaired) electrons. The van der Waals surface area contributed by atoms with E-state index in [0.717, 1.165) is 34.7 Å². The number of thioether (sulfide) groups is 1. The third-order valence-electron chi connectivity index (χ3n) is 4.47. The number of allylic oxidation sites excluding steroid dienone is 1. The third kappa shape index (κ3) is 4.82. The normalized spacial score (nSPS) is 15.7. The van der Waals surface area contributed by atoms with Crippen molar-refractivity contribution in [3.05, 3.63) is 41.7 Å². The van der Waals surface area contributed by atoms with Gasteiger partial charge in [0.2, 0.25) is 5.91 Å². The lowest BCUT2D eigenvalue weighted by Crippen LogP contribution is -2.32. The average molecular weight is 356 g/mol. The summed E-state index contributed by atoms with van der Waals surface area (Å²) in [7, 11) is 0. The Bertz CT molecular complexity index is 788. The van der Waals surface area contributed by atoms with Gasteiger partial charge in [0.25, 0.3) is 0 Å². The Labute approximate surface area is 153 Å². The number of benzene rings is 1. The summed E-state index contributed by atoms with van der Waals surface area (Å²) in [5, 5.41) is 4.77. The van der Waals surface area contributed by atoms with Crippen LogP contribution in [-0.4, -0.2) is 27.7 Å². The zero-order valence-corrected chi connectivity index (χ0v) is 15.7. The van der Waals surface area contributed by atoms with Crippen molar-refractivity contribution >= 4 is 28.6 Å². The van der Waals surface area contributed by atoms with Crippen molar-refractivity contribution < 1.29 is 4.79 Å². The highest BCUT2D eigenvalue weighted by Crippen LogP contribution is 2.28. The van der Waals surface area contributed by atoms with E-state index in [0.29, 0.717) is 0 Å². The first kappa shape index (κ1) is 17.9. The van der Waals surface area contributed by atoms with Gasteiger partial charge in [0.05, 0.1) is 10.8 Å². The zero-order valence-electron chi connectivity index (χ0n) is 14.9. The van der Waals surface area contributed by atoms with Crippen LogP contribution in [0.1, 0.15) is 44.9 Å². The molecule has 0 saturated carbocycles. The molecule has 2 aromatic rings. The summed E-state index contributed by atoms with van der Waals surface area (Å²) >= 11 is 1.50. The average Bonchev–Trinajstić information content (AvgIpc) is 2.62. The maximum absolute atomic E-state index is 12.4.